The molecule has 1 aliphatic carbocycles. The lowest BCUT2D eigenvalue weighted by Gasteiger charge is -2.13. The lowest BCUT2D eigenvalue weighted by molar-refractivity contribution is 0.358. The van der Waals surface area contributed by atoms with Crippen LogP contribution in [0.1, 0.15) is 36.1 Å². The standard InChI is InChI=1S/C19H21NO/c1-2-20-18-9-7-14-12-15(6-8-16(14)18)17-5-3-4-13-10-11-21-19(13)17/h3-6,8,12,18,20H,2,7,9-11H2,1H3. The summed E-state index contributed by atoms with van der Waals surface area (Å²) >= 11 is 0. The van der Waals surface area contributed by atoms with Crippen LogP contribution in [0.25, 0.3) is 11.1 Å². The molecule has 0 bridgehead atoms. The van der Waals surface area contributed by atoms with Gasteiger partial charge in [0.25, 0.3) is 0 Å². The fourth-order valence-corrected chi connectivity index (χ4v) is 3.69. The maximum Gasteiger partial charge on any atom is 0.130 e. The van der Waals surface area contributed by atoms with E-state index in [0.717, 1.165) is 25.3 Å². The Balaban J connectivity index is 1.74. The monoisotopic (exact) mass is 279 g/mol. The fourth-order valence-electron chi connectivity index (χ4n) is 3.69. The largest absolute Gasteiger partial charge is 0.492 e. The van der Waals surface area contributed by atoms with E-state index in [1.807, 2.05) is 0 Å². The van der Waals surface area contributed by atoms with Gasteiger partial charge in [-0.3, -0.25) is 0 Å². The van der Waals surface area contributed by atoms with Gasteiger partial charge >= 0.3 is 0 Å². The van der Waals surface area contributed by atoms with E-state index in [-0.39, 0.29) is 0 Å². The summed E-state index contributed by atoms with van der Waals surface area (Å²) in [6.07, 6.45) is 3.43. The molecule has 0 saturated carbocycles. The number of ether oxygens (including phenoxy) is 1. The van der Waals surface area contributed by atoms with Crippen molar-refractivity contribution in [1.82, 2.24) is 5.32 Å². The van der Waals surface area contributed by atoms with Gasteiger partial charge in [0.15, 0.2) is 0 Å². The zero-order valence-electron chi connectivity index (χ0n) is 12.5. The summed E-state index contributed by atoms with van der Waals surface area (Å²) < 4.78 is 5.85. The van der Waals surface area contributed by atoms with Gasteiger partial charge in [-0.15, -0.1) is 0 Å². The first-order chi connectivity index (χ1) is 10.4. The van der Waals surface area contributed by atoms with Crippen LogP contribution >= 0.6 is 0 Å². The van der Waals surface area contributed by atoms with Crippen LogP contribution in [0.4, 0.5) is 0 Å². The second kappa shape index (κ2) is 5.19. The smallest absolute Gasteiger partial charge is 0.130 e. The van der Waals surface area contributed by atoms with Crippen LogP contribution in [-0.2, 0) is 12.8 Å². The van der Waals surface area contributed by atoms with Gasteiger partial charge in [0, 0.05) is 18.0 Å². The second-order valence-corrected chi connectivity index (χ2v) is 5.95. The minimum atomic E-state index is 0.539. The third-order valence-corrected chi connectivity index (χ3v) is 4.70. The lowest BCUT2D eigenvalue weighted by atomic mass is 9.97. The Morgan fingerprint density at radius 3 is 3.00 bits per heavy atom. The van der Waals surface area contributed by atoms with Crippen molar-refractivity contribution in [2.45, 2.75) is 32.2 Å². The van der Waals surface area contributed by atoms with Crippen LogP contribution in [0.5, 0.6) is 5.75 Å². The Morgan fingerprint density at radius 2 is 2.10 bits per heavy atom. The Bertz CT molecular complexity index is 677. The molecular formula is C19H21NO. The number of benzene rings is 2. The number of para-hydroxylation sites is 1. The fraction of sp³-hybridized carbons (Fsp3) is 0.368. The summed E-state index contributed by atoms with van der Waals surface area (Å²) in [6.45, 7) is 4.03. The Kier molecular flexibility index (Phi) is 3.19. The molecule has 0 fully saturated rings. The average Bonchev–Trinajstić information content (AvgIpc) is 3.13. The van der Waals surface area contributed by atoms with Crippen LogP contribution < -0.4 is 10.1 Å². The number of rotatable bonds is 3. The Labute approximate surface area is 126 Å². The van der Waals surface area contributed by atoms with Gasteiger partial charge in [-0.05, 0) is 41.6 Å². The first kappa shape index (κ1) is 12.9. The number of fused-ring (bicyclic) bond motifs is 2. The average molecular weight is 279 g/mol. The highest BCUT2D eigenvalue weighted by Crippen LogP contribution is 2.39. The van der Waals surface area contributed by atoms with E-state index in [0.29, 0.717) is 6.04 Å². The molecule has 2 aromatic carbocycles. The molecule has 2 aliphatic rings. The highest BCUT2D eigenvalue weighted by atomic mass is 16.5. The van der Waals surface area contributed by atoms with E-state index >= 15 is 0 Å². The molecule has 0 radical (unpaired) electrons. The van der Waals surface area contributed by atoms with Crippen LogP contribution in [0.15, 0.2) is 36.4 Å². The van der Waals surface area contributed by atoms with E-state index in [1.54, 1.807) is 0 Å². The lowest BCUT2D eigenvalue weighted by Crippen LogP contribution is -2.18. The third kappa shape index (κ3) is 2.14. The summed E-state index contributed by atoms with van der Waals surface area (Å²) in [5.74, 6) is 1.10. The number of hydrogen-bond donors (Lipinski definition) is 1. The summed E-state index contributed by atoms with van der Waals surface area (Å²) in [5.41, 5.74) is 6.87. The van der Waals surface area contributed by atoms with Crippen molar-refractivity contribution in [2.75, 3.05) is 13.2 Å². The quantitative estimate of drug-likeness (QED) is 0.920. The molecule has 0 aromatic heterocycles. The molecule has 2 aromatic rings. The van der Waals surface area contributed by atoms with Crippen molar-refractivity contribution >= 4 is 0 Å². The van der Waals surface area contributed by atoms with E-state index in [1.165, 1.54) is 40.7 Å². The predicted molar refractivity (Wildman–Crippen MR) is 85.8 cm³/mol. The molecule has 2 heteroatoms. The van der Waals surface area contributed by atoms with Gasteiger partial charge < -0.3 is 10.1 Å². The summed E-state index contributed by atoms with van der Waals surface area (Å²) in [7, 11) is 0. The highest BCUT2D eigenvalue weighted by molar-refractivity contribution is 5.74. The number of aryl methyl sites for hydroxylation is 1. The molecule has 0 spiro atoms. The second-order valence-electron chi connectivity index (χ2n) is 5.95. The van der Waals surface area contributed by atoms with Crippen LogP contribution in [0, 0.1) is 0 Å². The molecule has 21 heavy (non-hydrogen) atoms. The number of nitrogens with one attached hydrogen (secondary N) is 1. The van der Waals surface area contributed by atoms with Gasteiger partial charge in [-0.25, -0.2) is 0 Å². The summed E-state index contributed by atoms with van der Waals surface area (Å²) in [4.78, 5) is 0. The maximum atomic E-state index is 5.85. The molecule has 1 heterocycles. The maximum absolute atomic E-state index is 5.85. The van der Waals surface area contributed by atoms with E-state index in [9.17, 15) is 0 Å². The van der Waals surface area contributed by atoms with Gasteiger partial charge in [0.2, 0.25) is 0 Å². The van der Waals surface area contributed by atoms with Gasteiger partial charge in [-0.2, -0.15) is 0 Å². The molecule has 0 amide bonds. The minimum Gasteiger partial charge on any atom is -0.492 e. The first-order valence-electron chi connectivity index (χ1n) is 7.98. The molecule has 1 atom stereocenters. The summed E-state index contributed by atoms with van der Waals surface area (Å²) in [6, 6.07) is 14.0. The SMILES string of the molecule is CCNC1CCc2cc(-c3cccc4c3OCC4)ccc21. The van der Waals surface area contributed by atoms with Crippen molar-refractivity contribution in [3.8, 4) is 16.9 Å². The first-order valence-corrected chi connectivity index (χ1v) is 7.98. The van der Waals surface area contributed by atoms with Gasteiger partial charge in [-0.1, -0.05) is 43.3 Å². The zero-order chi connectivity index (χ0) is 14.2. The third-order valence-electron chi connectivity index (χ3n) is 4.70. The van der Waals surface area contributed by atoms with Crippen molar-refractivity contribution in [3.05, 3.63) is 53.1 Å². The zero-order valence-corrected chi connectivity index (χ0v) is 12.5. The topological polar surface area (TPSA) is 21.3 Å². The van der Waals surface area contributed by atoms with E-state index in [2.05, 4.69) is 48.6 Å². The molecule has 4 rings (SSSR count). The van der Waals surface area contributed by atoms with E-state index in [4.69, 9.17) is 4.74 Å². The highest BCUT2D eigenvalue weighted by Gasteiger charge is 2.23. The summed E-state index contributed by atoms with van der Waals surface area (Å²) in [5, 5.41) is 3.58. The predicted octanol–water partition coefficient (Wildman–Crippen LogP) is 3.89. The van der Waals surface area contributed by atoms with Crippen LogP contribution in [0.2, 0.25) is 0 Å². The van der Waals surface area contributed by atoms with Crippen molar-refractivity contribution in [1.29, 1.82) is 0 Å². The number of hydrogen-bond acceptors (Lipinski definition) is 2. The normalized spacial score (nSPS) is 19.2. The van der Waals surface area contributed by atoms with Gasteiger partial charge in [0.1, 0.15) is 5.75 Å². The van der Waals surface area contributed by atoms with Crippen molar-refractivity contribution < 1.29 is 4.74 Å². The Morgan fingerprint density at radius 1 is 1.14 bits per heavy atom. The van der Waals surface area contributed by atoms with Crippen molar-refractivity contribution in [2.24, 2.45) is 0 Å². The van der Waals surface area contributed by atoms with Crippen molar-refractivity contribution in [3.63, 3.8) is 0 Å². The Hall–Kier alpha value is -1.80. The van der Waals surface area contributed by atoms with Crippen LogP contribution in [0.3, 0.4) is 0 Å². The molecule has 1 N–H and O–H groups in total. The van der Waals surface area contributed by atoms with Crippen LogP contribution in [-0.4, -0.2) is 13.2 Å². The molecule has 1 aliphatic heterocycles. The van der Waals surface area contributed by atoms with Gasteiger partial charge in [0.05, 0.1) is 6.61 Å². The van der Waals surface area contributed by atoms with E-state index < -0.39 is 0 Å². The molecule has 1 unspecified atom stereocenters. The molecule has 0 saturated heterocycles. The molecular weight excluding hydrogens is 258 g/mol. The molecule has 108 valence electrons. The molecule has 2 nitrogen and oxygen atoms in total. The minimum absolute atomic E-state index is 0.539.